The maximum absolute atomic E-state index is 13.1. The van der Waals surface area contributed by atoms with Crippen molar-refractivity contribution in [2.24, 2.45) is 10.2 Å². The summed E-state index contributed by atoms with van der Waals surface area (Å²) in [5, 5.41) is 19.7. The molecule has 1 amide bonds. The molecule has 0 heterocycles. The van der Waals surface area contributed by atoms with Crippen molar-refractivity contribution in [2.75, 3.05) is 17.7 Å². The van der Waals surface area contributed by atoms with Gasteiger partial charge in [0, 0.05) is 21.4 Å². The zero-order chi connectivity index (χ0) is 40.9. The van der Waals surface area contributed by atoms with Crippen LogP contribution in [-0.2, 0) is 54.8 Å². The highest BCUT2D eigenvalue weighted by molar-refractivity contribution is 7.91. The number of carbonyl (C=O) groups is 1. The number of carbonyl (C=O) groups excluding carboxylic acids is 1. The van der Waals surface area contributed by atoms with Crippen molar-refractivity contribution in [2.45, 2.75) is 19.6 Å². The van der Waals surface area contributed by atoms with Crippen LogP contribution in [0, 0.1) is 0 Å². The van der Waals surface area contributed by atoms with Gasteiger partial charge in [-0.2, -0.15) is 33.7 Å². The number of nitrogens with zero attached hydrogens (tertiary/aromatic N) is 2. The highest BCUT2D eigenvalue weighted by Gasteiger charge is 2.27. The zero-order valence-electron chi connectivity index (χ0n) is 26.8. The predicted molar refractivity (Wildman–Crippen MR) is 192 cm³/mol. The van der Waals surface area contributed by atoms with Crippen LogP contribution in [0.3, 0.4) is 0 Å². The van der Waals surface area contributed by atoms with Crippen LogP contribution in [0.15, 0.2) is 103 Å². The summed E-state index contributed by atoms with van der Waals surface area (Å²) >= 11 is 5.86. The second kappa shape index (κ2) is 14.8. The first-order valence-corrected chi connectivity index (χ1v) is 22.1. The number of rotatable bonds is 12. The van der Waals surface area contributed by atoms with E-state index in [1.807, 2.05) is 0 Å². The molecule has 0 aromatic heterocycles. The molecule has 0 aliphatic carbocycles. The number of azo groups is 1. The number of aromatic hydroxyl groups is 1. The molecule has 0 bridgehead atoms. The van der Waals surface area contributed by atoms with Crippen LogP contribution in [0.5, 0.6) is 5.75 Å². The minimum absolute atomic E-state index is 0.0336. The number of halogens is 1. The third-order valence-electron chi connectivity index (χ3n) is 7.43. The smallest absolute Gasteiger partial charge is 0.397 e. The van der Waals surface area contributed by atoms with Crippen LogP contribution in [0.1, 0.15) is 10.4 Å². The topological polar surface area (TPSA) is 335 Å². The van der Waals surface area contributed by atoms with Gasteiger partial charge < -0.3 is 10.4 Å². The lowest BCUT2D eigenvalue weighted by atomic mass is 10.1. The summed E-state index contributed by atoms with van der Waals surface area (Å²) in [5.74, 6) is -3.03. The average molecular weight is 880 g/mol. The van der Waals surface area contributed by atoms with Gasteiger partial charge in [0.05, 0.1) is 27.8 Å². The van der Waals surface area contributed by atoms with E-state index in [0.29, 0.717) is 18.2 Å². The molecule has 0 aliphatic heterocycles. The molecular formula is C29H22ClN3O17S5. The molecule has 26 heteroatoms. The maximum atomic E-state index is 13.1. The van der Waals surface area contributed by atoms with E-state index in [1.165, 1.54) is 24.3 Å². The van der Waals surface area contributed by atoms with Crippen LogP contribution in [-0.4, -0.2) is 83.7 Å². The number of hydrogen-bond donors (Lipinski definition) is 6. The zero-order valence-corrected chi connectivity index (χ0v) is 31.6. The van der Waals surface area contributed by atoms with Gasteiger partial charge in [0.1, 0.15) is 21.2 Å². The second-order valence-corrected chi connectivity index (χ2v) is 18.9. The van der Waals surface area contributed by atoms with Gasteiger partial charge in [-0.1, -0.05) is 23.7 Å². The highest BCUT2D eigenvalue weighted by atomic mass is 35.5. The summed E-state index contributed by atoms with van der Waals surface area (Å²) in [6.45, 7) is -0.972. The SMILES string of the molecule is O=C(Nc1cc(S(=O)(=O)O)cc2cc(S(=O)(=O)O)c(N=Nc3ccc4cc(S(=O)(=O)CCOS(=O)(=O)O)ccc4c3S(=O)(=O)O)c(O)c12)c1ccc(Cl)cc1. The molecule has 5 aromatic rings. The Morgan fingerprint density at radius 2 is 1.35 bits per heavy atom. The lowest BCUT2D eigenvalue weighted by molar-refractivity contribution is 0.102. The number of benzene rings is 5. The lowest BCUT2D eigenvalue weighted by Crippen LogP contribution is -2.15. The first-order valence-electron chi connectivity index (χ1n) is 14.4. The van der Waals surface area contributed by atoms with Gasteiger partial charge in [-0.25, -0.2) is 12.6 Å². The summed E-state index contributed by atoms with van der Waals surface area (Å²) < 4.78 is 164. The summed E-state index contributed by atoms with van der Waals surface area (Å²) in [6, 6.07) is 12.0. The number of nitrogens with one attached hydrogen (secondary N) is 1. The minimum atomic E-state index is -5.40. The highest BCUT2D eigenvalue weighted by Crippen LogP contribution is 2.46. The monoisotopic (exact) mass is 879 g/mol. The van der Waals surface area contributed by atoms with Crippen LogP contribution in [0.25, 0.3) is 21.5 Å². The van der Waals surface area contributed by atoms with E-state index in [1.54, 1.807) is 0 Å². The van der Waals surface area contributed by atoms with Gasteiger partial charge in [0.25, 0.3) is 36.3 Å². The van der Waals surface area contributed by atoms with E-state index >= 15 is 0 Å². The van der Waals surface area contributed by atoms with Crippen molar-refractivity contribution in [1.82, 2.24) is 0 Å². The number of amides is 1. The van der Waals surface area contributed by atoms with Crippen molar-refractivity contribution in [1.29, 1.82) is 0 Å². The van der Waals surface area contributed by atoms with Crippen molar-refractivity contribution >= 4 is 107 Å². The van der Waals surface area contributed by atoms with E-state index in [9.17, 15) is 65.6 Å². The molecule has 5 rings (SSSR count). The van der Waals surface area contributed by atoms with Crippen LogP contribution in [0.4, 0.5) is 17.1 Å². The summed E-state index contributed by atoms with van der Waals surface area (Å²) in [4.78, 5) is 9.49. The molecule has 0 fully saturated rings. The number of fused-ring (bicyclic) bond motifs is 2. The normalized spacial score (nSPS) is 13.1. The quantitative estimate of drug-likeness (QED) is 0.0749. The van der Waals surface area contributed by atoms with Gasteiger partial charge in [-0.05, 0) is 71.4 Å². The molecule has 292 valence electrons. The Morgan fingerprint density at radius 1 is 0.709 bits per heavy atom. The van der Waals surface area contributed by atoms with Crippen LogP contribution < -0.4 is 5.32 Å². The van der Waals surface area contributed by atoms with E-state index < -0.39 is 122 Å². The number of sulfone groups is 1. The largest absolute Gasteiger partial charge is 0.505 e. The standard InChI is InChI=1S/C29H22ClN3O17S5/c30-18-4-1-15(2-5-18)29(35)31-23-14-20(52(38,39)40)12-17-13-24(53(41,42)43)26(27(34)25(17)23)33-32-22-8-3-16-11-19(6-7-21(16)28(22)54(44,45)46)51(36,37)10-9-50-55(47,48)49/h1-8,11-14,34H,9-10H2,(H,31,35)(H,38,39,40)(H,41,42,43)(H,44,45,46)(H,47,48,49). The van der Waals surface area contributed by atoms with Crippen molar-refractivity contribution < 1.29 is 74.4 Å². The molecule has 0 spiro atoms. The number of anilines is 1. The molecule has 0 radical (unpaired) electrons. The molecule has 0 unspecified atom stereocenters. The van der Waals surface area contributed by atoms with Crippen LogP contribution >= 0.6 is 11.6 Å². The number of phenols is 1. The fourth-order valence-electron chi connectivity index (χ4n) is 5.08. The van der Waals surface area contributed by atoms with Gasteiger partial charge in [-0.3, -0.25) is 23.0 Å². The Morgan fingerprint density at radius 3 is 1.93 bits per heavy atom. The first-order chi connectivity index (χ1) is 25.3. The Bertz CT molecular complexity index is 3030. The Kier molecular flexibility index (Phi) is 11.1. The fourth-order valence-corrected chi connectivity index (χ4v) is 8.76. The molecule has 55 heavy (non-hydrogen) atoms. The number of hydrogen-bond acceptors (Lipinski definition) is 15. The third-order valence-corrected chi connectivity index (χ3v) is 12.5. The molecule has 0 aliphatic rings. The third kappa shape index (κ3) is 9.42. The number of phenolic OH excluding ortho intramolecular Hbond substituents is 1. The Labute approximate surface area is 316 Å². The molecule has 0 saturated heterocycles. The molecule has 5 aromatic carbocycles. The summed E-state index contributed by atoms with van der Waals surface area (Å²) in [5.41, 5.74) is -2.40. The van der Waals surface area contributed by atoms with E-state index in [-0.39, 0.29) is 21.4 Å². The summed E-state index contributed by atoms with van der Waals surface area (Å²) in [6.07, 6.45) is 0. The van der Waals surface area contributed by atoms with E-state index in [4.69, 9.17) is 16.2 Å². The van der Waals surface area contributed by atoms with Gasteiger partial charge in [-0.15, -0.1) is 10.2 Å². The minimum Gasteiger partial charge on any atom is -0.505 e. The molecule has 6 N–H and O–H groups in total. The van der Waals surface area contributed by atoms with Crippen molar-refractivity contribution in [3.63, 3.8) is 0 Å². The molecule has 20 nitrogen and oxygen atoms in total. The average Bonchev–Trinajstić information content (AvgIpc) is 3.05. The molecule has 0 atom stereocenters. The van der Waals surface area contributed by atoms with E-state index in [0.717, 1.165) is 30.3 Å². The summed E-state index contributed by atoms with van der Waals surface area (Å²) in [7, 11) is -25.0. The first kappa shape index (κ1) is 41.5. The fraction of sp³-hybridized carbons (Fsp3) is 0.0690. The molecule has 0 saturated carbocycles. The van der Waals surface area contributed by atoms with Gasteiger partial charge in [0.2, 0.25) is 0 Å². The maximum Gasteiger partial charge on any atom is 0.397 e. The second-order valence-electron chi connectivity index (χ2n) is 11.1. The van der Waals surface area contributed by atoms with Gasteiger partial charge in [0.15, 0.2) is 15.6 Å². The van der Waals surface area contributed by atoms with Crippen molar-refractivity contribution in [3.8, 4) is 5.75 Å². The molecular weight excluding hydrogens is 858 g/mol. The van der Waals surface area contributed by atoms with Gasteiger partial charge >= 0.3 is 10.4 Å². The Balaban J connectivity index is 1.69. The lowest BCUT2D eigenvalue weighted by Gasteiger charge is -2.15. The Hall–Kier alpha value is -4.67. The predicted octanol–water partition coefficient (Wildman–Crippen LogP) is 4.35. The van der Waals surface area contributed by atoms with Crippen molar-refractivity contribution in [3.05, 3.63) is 83.4 Å². The van der Waals surface area contributed by atoms with Crippen LogP contribution in [0.2, 0.25) is 5.02 Å². The van der Waals surface area contributed by atoms with E-state index in [2.05, 4.69) is 19.7 Å².